The van der Waals surface area contributed by atoms with Crippen LogP contribution in [0.2, 0.25) is 18.1 Å². The van der Waals surface area contributed by atoms with E-state index in [1.165, 1.54) is 44.1 Å². The van der Waals surface area contributed by atoms with E-state index in [9.17, 15) is 4.79 Å². The molecule has 1 saturated carbocycles. The number of nitrogens with one attached hydrogen (secondary N) is 1. The van der Waals surface area contributed by atoms with Crippen molar-refractivity contribution >= 4 is 19.9 Å². The van der Waals surface area contributed by atoms with E-state index in [0.29, 0.717) is 6.61 Å². The fraction of sp³-hybridized carbons (Fsp3) is 0.537. The second-order valence-electron chi connectivity index (χ2n) is 16.4. The van der Waals surface area contributed by atoms with Crippen LogP contribution < -0.4 is 10.1 Å². The molecule has 1 aliphatic heterocycles. The molecule has 2 aliphatic rings. The van der Waals surface area contributed by atoms with E-state index in [-0.39, 0.29) is 22.5 Å². The van der Waals surface area contributed by atoms with E-state index in [1.807, 2.05) is 36.4 Å². The van der Waals surface area contributed by atoms with Crippen molar-refractivity contribution in [1.82, 2.24) is 0 Å². The van der Waals surface area contributed by atoms with E-state index in [4.69, 9.17) is 9.16 Å². The number of rotatable bonds is 9. The van der Waals surface area contributed by atoms with Crippen molar-refractivity contribution in [2.24, 2.45) is 5.92 Å². The Morgan fingerprint density at radius 1 is 0.913 bits per heavy atom. The van der Waals surface area contributed by atoms with Crippen LogP contribution in [0.25, 0.3) is 0 Å². The standard InChI is InChI=1S/C41H57NO3Si/c1-40(2,3)35-25-23-30(22-24-32(26-29-16-10-9-11-17-29)45-46(7,8)41(4,5)6)27-36(35)42-39(43)38-33-19-13-12-18-31(33)28-44-37-21-15-14-20-34(37)38/h12-15,18-21,23,25,27,29,32,38H,9-11,16-17,22,24,26,28H2,1-8H3,(H,42,43). The average molecular weight is 640 g/mol. The molecule has 2 unspecified atom stereocenters. The van der Waals surface area contributed by atoms with E-state index in [2.05, 4.69) is 90.3 Å². The number of para-hydroxylation sites is 1. The number of amides is 1. The molecule has 5 rings (SSSR count). The van der Waals surface area contributed by atoms with Gasteiger partial charge in [-0.1, -0.05) is 128 Å². The molecule has 4 nitrogen and oxygen atoms in total. The second kappa shape index (κ2) is 14.1. The van der Waals surface area contributed by atoms with Gasteiger partial charge in [0.05, 0.1) is 5.92 Å². The first-order valence-corrected chi connectivity index (χ1v) is 20.6. The van der Waals surface area contributed by atoms with E-state index in [0.717, 1.165) is 52.5 Å². The molecule has 5 heteroatoms. The number of anilines is 1. The van der Waals surface area contributed by atoms with Crippen LogP contribution in [0.1, 0.15) is 120 Å². The highest BCUT2D eigenvalue weighted by Crippen LogP contribution is 2.41. The summed E-state index contributed by atoms with van der Waals surface area (Å²) in [6.07, 6.45) is 10.1. The lowest BCUT2D eigenvalue weighted by Crippen LogP contribution is -2.44. The van der Waals surface area contributed by atoms with Crippen LogP contribution in [0.5, 0.6) is 5.75 Å². The van der Waals surface area contributed by atoms with Gasteiger partial charge in [-0.05, 0) is 83.1 Å². The van der Waals surface area contributed by atoms with Crippen molar-refractivity contribution in [3.63, 3.8) is 0 Å². The van der Waals surface area contributed by atoms with Crippen molar-refractivity contribution in [3.05, 3.63) is 94.5 Å². The SMILES string of the molecule is CC(C)(C)c1ccc(CCC(CC2CCCCC2)O[Si](C)(C)C(C)(C)C)cc1NC(=O)C1c2ccccc2COc2ccccc21. The predicted molar refractivity (Wildman–Crippen MR) is 194 cm³/mol. The molecule has 1 N–H and O–H groups in total. The minimum Gasteiger partial charge on any atom is -0.489 e. The third-order valence-electron chi connectivity index (χ3n) is 10.7. The van der Waals surface area contributed by atoms with Crippen molar-refractivity contribution in [2.75, 3.05) is 5.32 Å². The maximum absolute atomic E-state index is 14.4. The zero-order chi connectivity index (χ0) is 33.1. The van der Waals surface area contributed by atoms with Gasteiger partial charge in [0.25, 0.3) is 0 Å². The molecule has 3 aromatic carbocycles. The summed E-state index contributed by atoms with van der Waals surface area (Å²) >= 11 is 0. The van der Waals surface area contributed by atoms with Gasteiger partial charge in [0.1, 0.15) is 12.4 Å². The number of ether oxygens (including phenoxy) is 1. The number of carbonyl (C=O) groups is 1. The van der Waals surface area contributed by atoms with Crippen LogP contribution >= 0.6 is 0 Å². The maximum Gasteiger partial charge on any atom is 0.236 e. The van der Waals surface area contributed by atoms with Gasteiger partial charge in [0.15, 0.2) is 8.32 Å². The quantitative estimate of drug-likeness (QED) is 0.237. The molecule has 248 valence electrons. The topological polar surface area (TPSA) is 47.6 Å². The molecule has 0 spiro atoms. The summed E-state index contributed by atoms with van der Waals surface area (Å²) in [6.45, 7) is 18.9. The summed E-state index contributed by atoms with van der Waals surface area (Å²) in [4.78, 5) is 14.4. The molecule has 3 aromatic rings. The number of benzene rings is 3. The highest BCUT2D eigenvalue weighted by Gasteiger charge is 2.39. The van der Waals surface area contributed by atoms with Gasteiger partial charge in [-0.3, -0.25) is 4.79 Å². The van der Waals surface area contributed by atoms with Gasteiger partial charge in [0.2, 0.25) is 5.91 Å². The molecule has 0 bridgehead atoms. The fourth-order valence-electron chi connectivity index (χ4n) is 7.05. The molecular formula is C41H57NO3Si. The third-order valence-corrected chi connectivity index (χ3v) is 15.3. The minimum absolute atomic E-state index is 0.0236. The maximum atomic E-state index is 14.4. The molecule has 2 atom stereocenters. The Bertz CT molecular complexity index is 1440. The molecule has 1 heterocycles. The highest BCUT2D eigenvalue weighted by atomic mass is 28.4. The monoisotopic (exact) mass is 639 g/mol. The minimum atomic E-state index is -1.91. The zero-order valence-electron chi connectivity index (χ0n) is 29.7. The zero-order valence-corrected chi connectivity index (χ0v) is 30.7. The molecule has 0 aromatic heterocycles. The Morgan fingerprint density at radius 3 is 2.28 bits per heavy atom. The molecule has 46 heavy (non-hydrogen) atoms. The predicted octanol–water partition coefficient (Wildman–Crippen LogP) is 10.9. The van der Waals surface area contributed by atoms with Crippen molar-refractivity contribution in [2.45, 2.75) is 135 Å². The Kier molecular flexibility index (Phi) is 10.5. The van der Waals surface area contributed by atoms with Crippen LogP contribution in [-0.4, -0.2) is 20.3 Å². The van der Waals surface area contributed by atoms with E-state index >= 15 is 0 Å². The van der Waals surface area contributed by atoms with Gasteiger partial charge in [-0.15, -0.1) is 0 Å². The molecule has 0 radical (unpaired) electrons. The first-order chi connectivity index (χ1) is 21.7. The van der Waals surface area contributed by atoms with Gasteiger partial charge in [-0.2, -0.15) is 0 Å². The number of carbonyl (C=O) groups excluding carboxylic acids is 1. The first kappa shape index (κ1) is 34.4. The molecule has 0 saturated heterocycles. The average Bonchev–Trinajstić information content (AvgIpc) is 3.16. The summed E-state index contributed by atoms with van der Waals surface area (Å²) in [5.41, 5.74) is 6.14. The van der Waals surface area contributed by atoms with Crippen molar-refractivity contribution in [1.29, 1.82) is 0 Å². The lowest BCUT2D eigenvalue weighted by Gasteiger charge is -2.40. The Balaban J connectivity index is 1.42. The summed E-state index contributed by atoms with van der Waals surface area (Å²) in [7, 11) is -1.91. The van der Waals surface area contributed by atoms with Crippen LogP contribution in [0.15, 0.2) is 66.7 Å². The summed E-state index contributed by atoms with van der Waals surface area (Å²) in [5, 5.41) is 3.61. The summed E-state index contributed by atoms with van der Waals surface area (Å²) < 4.78 is 13.3. The molecule has 1 amide bonds. The van der Waals surface area contributed by atoms with Crippen LogP contribution in [0.3, 0.4) is 0 Å². The normalized spacial score (nSPS) is 18.1. The van der Waals surface area contributed by atoms with E-state index in [1.54, 1.807) is 0 Å². The lowest BCUT2D eigenvalue weighted by atomic mass is 9.83. The van der Waals surface area contributed by atoms with E-state index < -0.39 is 14.2 Å². The molecule has 1 fully saturated rings. The van der Waals surface area contributed by atoms with Crippen LogP contribution in [0, 0.1) is 5.92 Å². The smallest absolute Gasteiger partial charge is 0.236 e. The molecular weight excluding hydrogens is 583 g/mol. The number of hydrogen-bond donors (Lipinski definition) is 1. The Morgan fingerprint density at radius 2 is 1.59 bits per heavy atom. The summed E-state index contributed by atoms with van der Waals surface area (Å²) in [5.74, 6) is 1.07. The van der Waals surface area contributed by atoms with Crippen molar-refractivity contribution < 1.29 is 14.0 Å². The van der Waals surface area contributed by atoms with Crippen LogP contribution in [0.4, 0.5) is 5.69 Å². The largest absolute Gasteiger partial charge is 0.489 e. The van der Waals surface area contributed by atoms with Gasteiger partial charge < -0.3 is 14.5 Å². The number of aryl methyl sites for hydroxylation is 1. The first-order valence-electron chi connectivity index (χ1n) is 17.6. The number of fused-ring (bicyclic) bond motifs is 2. The lowest BCUT2D eigenvalue weighted by molar-refractivity contribution is -0.116. The molecule has 1 aliphatic carbocycles. The van der Waals surface area contributed by atoms with Crippen LogP contribution in [-0.2, 0) is 27.7 Å². The highest BCUT2D eigenvalue weighted by molar-refractivity contribution is 6.74. The van der Waals surface area contributed by atoms with Gasteiger partial charge in [-0.25, -0.2) is 0 Å². The Hall–Kier alpha value is -2.89. The summed E-state index contributed by atoms with van der Waals surface area (Å²) in [6, 6.07) is 22.9. The second-order valence-corrected chi connectivity index (χ2v) is 21.1. The number of hydrogen-bond acceptors (Lipinski definition) is 3. The fourth-order valence-corrected chi connectivity index (χ4v) is 8.45. The van der Waals surface area contributed by atoms with Gasteiger partial charge in [0, 0.05) is 17.4 Å². The van der Waals surface area contributed by atoms with Crippen molar-refractivity contribution in [3.8, 4) is 5.75 Å². The third kappa shape index (κ3) is 8.14. The van der Waals surface area contributed by atoms with Gasteiger partial charge >= 0.3 is 0 Å². The Labute approximate surface area is 279 Å².